The Bertz CT molecular complexity index is 366. The van der Waals surface area contributed by atoms with Crippen LogP contribution in [-0.2, 0) is 19.1 Å². The fraction of sp³-hybridized carbons (Fsp3) is 0.786. The van der Waals surface area contributed by atoms with Crippen molar-refractivity contribution in [3.63, 3.8) is 0 Å². The number of ether oxygens (including phenoxy) is 1. The second-order valence-corrected chi connectivity index (χ2v) is 5.32. The lowest BCUT2D eigenvalue weighted by molar-refractivity contribution is -0.144. The van der Waals surface area contributed by atoms with Gasteiger partial charge in [-0.2, -0.15) is 0 Å². The second-order valence-electron chi connectivity index (χ2n) is 5.32. The van der Waals surface area contributed by atoms with Gasteiger partial charge in [0.25, 0.3) is 0 Å². The molecule has 1 unspecified atom stereocenters. The van der Waals surface area contributed by atoms with E-state index in [0.29, 0.717) is 12.3 Å². The molecular formula is C14H24N2O5. The standard InChI is InChI=1S/C14H24N2O5/c1-21-13(18)7-5-11(14(19)20)16-12(17)6-4-10-3-2-8-15-9-10/h10-11,15H,2-9H2,1H3,(H,16,17)(H,19,20)/t10?,11-/m0/s1. The number of amides is 1. The molecule has 21 heavy (non-hydrogen) atoms. The van der Waals surface area contributed by atoms with Gasteiger partial charge < -0.3 is 20.5 Å². The first kappa shape index (κ1) is 17.4. The van der Waals surface area contributed by atoms with Gasteiger partial charge in [0.05, 0.1) is 7.11 Å². The first-order valence-electron chi connectivity index (χ1n) is 7.32. The van der Waals surface area contributed by atoms with Crippen LogP contribution in [0.5, 0.6) is 0 Å². The number of carboxylic acids is 1. The molecule has 0 aromatic heterocycles. The molecule has 1 aliphatic rings. The number of rotatable bonds is 8. The molecule has 7 nitrogen and oxygen atoms in total. The van der Waals surface area contributed by atoms with Crippen molar-refractivity contribution in [1.29, 1.82) is 0 Å². The van der Waals surface area contributed by atoms with Crippen LogP contribution in [0, 0.1) is 5.92 Å². The molecule has 0 aromatic rings. The van der Waals surface area contributed by atoms with E-state index in [2.05, 4.69) is 15.4 Å². The molecule has 0 bridgehead atoms. The summed E-state index contributed by atoms with van der Waals surface area (Å²) >= 11 is 0. The van der Waals surface area contributed by atoms with Crippen LogP contribution >= 0.6 is 0 Å². The zero-order valence-electron chi connectivity index (χ0n) is 12.4. The number of hydrogen-bond acceptors (Lipinski definition) is 5. The zero-order chi connectivity index (χ0) is 15.7. The van der Waals surface area contributed by atoms with E-state index in [9.17, 15) is 14.4 Å². The quantitative estimate of drug-likeness (QED) is 0.556. The smallest absolute Gasteiger partial charge is 0.326 e. The number of hydrogen-bond donors (Lipinski definition) is 3. The van der Waals surface area contributed by atoms with E-state index < -0.39 is 18.0 Å². The highest BCUT2D eigenvalue weighted by Gasteiger charge is 2.22. The Morgan fingerprint density at radius 3 is 2.71 bits per heavy atom. The summed E-state index contributed by atoms with van der Waals surface area (Å²) in [6, 6.07) is -1.04. The number of carbonyl (C=O) groups is 3. The van der Waals surface area contributed by atoms with Crippen molar-refractivity contribution >= 4 is 17.8 Å². The number of carbonyl (C=O) groups excluding carboxylic acids is 2. The molecule has 0 aliphatic carbocycles. The average Bonchev–Trinajstić information content (AvgIpc) is 2.49. The van der Waals surface area contributed by atoms with E-state index >= 15 is 0 Å². The van der Waals surface area contributed by atoms with Gasteiger partial charge in [-0.05, 0) is 44.7 Å². The number of nitrogens with one attached hydrogen (secondary N) is 2. The summed E-state index contributed by atoms with van der Waals surface area (Å²) in [4.78, 5) is 33.9. The molecule has 1 rings (SSSR count). The van der Waals surface area contributed by atoms with E-state index in [-0.39, 0.29) is 18.7 Å². The Morgan fingerprint density at radius 1 is 1.38 bits per heavy atom. The summed E-state index contributed by atoms with van der Waals surface area (Å²) in [5, 5.41) is 14.8. The Kier molecular flexibility index (Phi) is 7.74. The lowest BCUT2D eigenvalue weighted by Gasteiger charge is -2.22. The second kappa shape index (κ2) is 9.33. The maximum atomic E-state index is 11.8. The van der Waals surface area contributed by atoms with Crippen molar-refractivity contribution in [1.82, 2.24) is 10.6 Å². The zero-order valence-corrected chi connectivity index (χ0v) is 12.4. The van der Waals surface area contributed by atoms with Gasteiger partial charge in [-0.1, -0.05) is 0 Å². The normalized spacial score (nSPS) is 19.6. The van der Waals surface area contributed by atoms with Gasteiger partial charge in [-0.15, -0.1) is 0 Å². The molecule has 1 amide bonds. The number of aliphatic carboxylic acids is 1. The van der Waals surface area contributed by atoms with Crippen molar-refractivity contribution in [2.24, 2.45) is 5.92 Å². The Morgan fingerprint density at radius 2 is 2.14 bits per heavy atom. The predicted molar refractivity (Wildman–Crippen MR) is 75.6 cm³/mol. The largest absolute Gasteiger partial charge is 0.480 e. The van der Waals surface area contributed by atoms with Crippen LogP contribution in [0.3, 0.4) is 0 Å². The van der Waals surface area contributed by atoms with Crippen molar-refractivity contribution < 1.29 is 24.2 Å². The Labute approximate surface area is 124 Å². The molecule has 0 radical (unpaired) electrons. The number of carboxylic acid groups (broad SMARTS) is 1. The Hall–Kier alpha value is -1.63. The molecule has 0 aromatic carbocycles. The van der Waals surface area contributed by atoms with Crippen LogP contribution in [0.2, 0.25) is 0 Å². The maximum Gasteiger partial charge on any atom is 0.326 e. The summed E-state index contributed by atoms with van der Waals surface area (Å²) in [5.74, 6) is -1.42. The first-order valence-corrected chi connectivity index (χ1v) is 7.32. The minimum absolute atomic E-state index is 0.0275. The summed E-state index contributed by atoms with van der Waals surface area (Å²) in [5.41, 5.74) is 0. The van der Waals surface area contributed by atoms with Gasteiger partial charge in [0.15, 0.2) is 0 Å². The highest BCUT2D eigenvalue weighted by Crippen LogP contribution is 2.15. The number of esters is 1. The third-order valence-corrected chi connectivity index (χ3v) is 3.68. The molecule has 7 heteroatoms. The summed E-state index contributed by atoms with van der Waals surface area (Å²) in [6.45, 7) is 1.94. The van der Waals surface area contributed by atoms with Crippen molar-refractivity contribution in [2.75, 3.05) is 20.2 Å². The minimum Gasteiger partial charge on any atom is -0.480 e. The fourth-order valence-corrected chi connectivity index (χ4v) is 2.39. The van der Waals surface area contributed by atoms with E-state index in [1.165, 1.54) is 7.11 Å². The van der Waals surface area contributed by atoms with Crippen LogP contribution in [0.25, 0.3) is 0 Å². The predicted octanol–water partition coefficient (Wildman–Crippen LogP) is 0.289. The average molecular weight is 300 g/mol. The molecule has 0 spiro atoms. The lowest BCUT2D eigenvalue weighted by atomic mass is 9.94. The number of methoxy groups -OCH3 is 1. The first-order chi connectivity index (χ1) is 10.0. The SMILES string of the molecule is COC(=O)CC[C@H](NC(=O)CCC1CCCNC1)C(=O)O. The minimum atomic E-state index is -1.13. The monoisotopic (exact) mass is 300 g/mol. The fourth-order valence-electron chi connectivity index (χ4n) is 2.39. The van der Waals surface area contributed by atoms with Crippen molar-refractivity contribution in [3.8, 4) is 0 Å². The third kappa shape index (κ3) is 7.08. The van der Waals surface area contributed by atoms with Gasteiger partial charge in [-0.3, -0.25) is 9.59 Å². The van der Waals surface area contributed by atoms with Crippen molar-refractivity contribution in [3.05, 3.63) is 0 Å². The molecular weight excluding hydrogens is 276 g/mol. The molecule has 1 fully saturated rings. The van der Waals surface area contributed by atoms with E-state index in [1.807, 2.05) is 0 Å². The van der Waals surface area contributed by atoms with Gasteiger partial charge in [0.2, 0.25) is 5.91 Å². The lowest BCUT2D eigenvalue weighted by Crippen LogP contribution is -2.41. The highest BCUT2D eigenvalue weighted by molar-refractivity contribution is 5.84. The highest BCUT2D eigenvalue weighted by atomic mass is 16.5. The summed E-state index contributed by atoms with van der Waals surface area (Å²) < 4.78 is 4.46. The van der Waals surface area contributed by atoms with Crippen LogP contribution < -0.4 is 10.6 Å². The molecule has 1 aliphatic heterocycles. The molecule has 1 heterocycles. The van der Waals surface area contributed by atoms with E-state index in [1.54, 1.807) is 0 Å². The molecule has 2 atom stereocenters. The van der Waals surface area contributed by atoms with Crippen molar-refractivity contribution in [2.45, 2.75) is 44.6 Å². The number of piperidine rings is 1. The maximum absolute atomic E-state index is 11.8. The van der Waals surface area contributed by atoms with Crippen LogP contribution in [0.4, 0.5) is 0 Å². The van der Waals surface area contributed by atoms with Gasteiger partial charge >= 0.3 is 11.9 Å². The Balaban J connectivity index is 2.30. The third-order valence-electron chi connectivity index (χ3n) is 3.68. The molecule has 0 saturated carbocycles. The van der Waals surface area contributed by atoms with E-state index in [4.69, 9.17) is 5.11 Å². The van der Waals surface area contributed by atoms with Crippen LogP contribution in [0.1, 0.15) is 38.5 Å². The molecule has 3 N–H and O–H groups in total. The van der Waals surface area contributed by atoms with Gasteiger partial charge in [0.1, 0.15) is 6.04 Å². The van der Waals surface area contributed by atoms with Crippen LogP contribution in [-0.4, -0.2) is 49.2 Å². The van der Waals surface area contributed by atoms with Gasteiger partial charge in [-0.25, -0.2) is 4.79 Å². The molecule has 1 saturated heterocycles. The van der Waals surface area contributed by atoms with Crippen LogP contribution in [0.15, 0.2) is 0 Å². The summed E-state index contributed by atoms with van der Waals surface area (Å²) in [6.07, 6.45) is 3.30. The summed E-state index contributed by atoms with van der Waals surface area (Å²) in [7, 11) is 1.24. The topological polar surface area (TPSA) is 105 Å². The van der Waals surface area contributed by atoms with E-state index in [0.717, 1.165) is 32.4 Å². The molecule has 120 valence electrons. The van der Waals surface area contributed by atoms with Gasteiger partial charge in [0, 0.05) is 12.8 Å².